The number of benzene rings is 1. The summed E-state index contributed by atoms with van der Waals surface area (Å²) < 4.78 is 17.9. The maximum Gasteiger partial charge on any atom is 0.133 e. The van der Waals surface area contributed by atoms with Crippen LogP contribution < -0.4 is 0 Å². The molecule has 64 valence electrons. The second-order valence-electron chi connectivity index (χ2n) is 2.52. The van der Waals surface area contributed by atoms with Gasteiger partial charge in [-0.1, -0.05) is 18.2 Å². The largest absolute Gasteiger partial charge is 0.504 e. The highest BCUT2D eigenvalue weighted by molar-refractivity contribution is 5.50. The molecule has 2 heteroatoms. The number of hydrogen-bond donors (Lipinski definition) is 0. The zero-order chi connectivity index (χ0) is 8.97. The van der Waals surface area contributed by atoms with Gasteiger partial charge in [0.15, 0.2) is 0 Å². The summed E-state index contributed by atoms with van der Waals surface area (Å²) in [6, 6.07) is 5.26. The number of hydrogen-bond acceptors (Lipinski definition) is 1. The summed E-state index contributed by atoms with van der Waals surface area (Å²) in [6.45, 7) is 1.74. The SMILES string of the molecule is COC=Cc1cccc(C)c1F. The Morgan fingerprint density at radius 2 is 2.17 bits per heavy atom. The maximum absolute atomic E-state index is 13.2. The van der Waals surface area contributed by atoms with E-state index in [-0.39, 0.29) is 5.82 Å². The van der Waals surface area contributed by atoms with Gasteiger partial charge < -0.3 is 4.74 Å². The van der Waals surface area contributed by atoms with Gasteiger partial charge in [-0.15, -0.1) is 0 Å². The van der Waals surface area contributed by atoms with Gasteiger partial charge in [-0.05, 0) is 18.6 Å². The summed E-state index contributed by atoms with van der Waals surface area (Å²) in [5.74, 6) is -0.189. The molecule has 0 aliphatic heterocycles. The highest BCUT2D eigenvalue weighted by Crippen LogP contribution is 2.12. The van der Waals surface area contributed by atoms with Gasteiger partial charge in [0.25, 0.3) is 0 Å². The zero-order valence-electron chi connectivity index (χ0n) is 7.17. The smallest absolute Gasteiger partial charge is 0.133 e. The van der Waals surface area contributed by atoms with Crippen LogP contribution >= 0.6 is 0 Å². The average molecular weight is 166 g/mol. The Morgan fingerprint density at radius 1 is 1.42 bits per heavy atom. The van der Waals surface area contributed by atoms with Crippen LogP contribution in [0.2, 0.25) is 0 Å². The van der Waals surface area contributed by atoms with E-state index < -0.39 is 0 Å². The lowest BCUT2D eigenvalue weighted by Crippen LogP contribution is -1.85. The summed E-state index contributed by atoms with van der Waals surface area (Å²) >= 11 is 0. The Morgan fingerprint density at radius 3 is 2.83 bits per heavy atom. The fourth-order valence-corrected chi connectivity index (χ4v) is 0.940. The van der Waals surface area contributed by atoms with Crippen molar-refractivity contribution in [1.82, 2.24) is 0 Å². The number of methoxy groups -OCH3 is 1. The first kappa shape index (κ1) is 8.78. The van der Waals surface area contributed by atoms with E-state index in [2.05, 4.69) is 0 Å². The fraction of sp³-hybridized carbons (Fsp3) is 0.200. The first-order valence-corrected chi connectivity index (χ1v) is 3.70. The van der Waals surface area contributed by atoms with Crippen molar-refractivity contribution >= 4 is 6.08 Å². The minimum Gasteiger partial charge on any atom is -0.504 e. The molecule has 0 heterocycles. The van der Waals surface area contributed by atoms with Crippen molar-refractivity contribution < 1.29 is 9.13 Å². The van der Waals surface area contributed by atoms with Crippen molar-refractivity contribution in [1.29, 1.82) is 0 Å². The third kappa shape index (κ3) is 1.84. The first-order valence-electron chi connectivity index (χ1n) is 3.70. The van der Waals surface area contributed by atoms with E-state index in [9.17, 15) is 4.39 Å². The highest BCUT2D eigenvalue weighted by Gasteiger charge is 1.99. The molecule has 0 aromatic heterocycles. The quantitative estimate of drug-likeness (QED) is 0.614. The van der Waals surface area contributed by atoms with Crippen LogP contribution in [0.25, 0.3) is 6.08 Å². The van der Waals surface area contributed by atoms with Crippen LogP contribution in [0.4, 0.5) is 4.39 Å². The molecule has 0 aliphatic rings. The third-order valence-corrected chi connectivity index (χ3v) is 1.61. The molecular formula is C10H11FO. The second-order valence-corrected chi connectivity index (χ2v) is 2.52. The molecule has 1 nitrogen and oxygen atoms in total. The van der Waals surface area contributed by atoms with E-state index in [0.29, 0.717) is 11.1 Å². The molecule has 1 rings (SSSR count). The standard InChI is InChI=1S/C10H11FO/c1-8-4-3-5-9(10(8)11)6-7-12-2/h3-7H,1-2H3. The molecule has 1 aromatic rings. The first-order chi connectivity index (χ1) is 5.75. The second kappa shape index (κ2) is 3.90. The van der Waals surface area contributed by atoms with E-state index in [1.165, 1.54) is 13.4 Å². The van der Waals surface area contributed by atoms with Gasteiger partial charge >= 0.3 is 0 Å². The van der Waals surface area contributed by atoms with Crippen molar-refractivity contribution in [3.05, 3.63) is 41.4 Å². The summed E-state index contributed by atoms with van der Waals surface area (Å²) in [4.78, 5) is 0. The monoisotopic (exact) mass is 166 g/mol. The molecule has 1 aromatic carbocycles. The molecule has 0 spiro atoms. The lowest BCUT2D eigenvalue weighted by Gasteiger charge is -1.99. The molecule has 0 fully saturated rings. The molecular weight excluding hydrogens is 155 g/mol. The molecule has 0 unspecified atom stereocenters. The number of aryl methyl sites for hydroxylation is 1. The van der Waals surface area contributed by atoms with Crippen molar-refractivity contribution in [2.75, 3.05) is 7.11 Å². The molecule has 0 radical (unpaired) electrons. The summed E-state index contributed by atoms with van der Waals surface area (Å²) in [7, 11) is 1.53. The van der Waals surface area contributed by atoms with E-state index >= 15 is 0 Å². The maximum atomic E-state index is 13.2. The van der Waals surface area contributed by atoms with Crippen LogP contribution in [0.1, 0.15) is 11.1 Å². The Kier molecular flexibility index (Phi) is 2.86. The Balaban J connectivity index is 3.00. The van der Waals surface area contributed by atoms with Crippen LogP contribution in [0.15, 0.2) is 24.5 Å². The molecule has 0 saturated carbocycles. The minimum atomic E-state index is -0.189. The van der Waals surface area contributed by atoms with E-state index in [0.717, 1.165) is 0 Å². The van der Waals surface area contributed by atoms with Gasteiger partial charge in [-0.25, -0.2) is 4.39 Å². The van der Waals surface area contributed by atoms with Gasteiger partial charge in [-0.2, -0.15) is 0 Å². The minimum absolute atomic E-state index is 0.189. The van der Waals surface area contributed by atoms with Gasteiger partial charge in [0.2, 0.25) is 0 Å². The lowest BCUT2D eigenvalue weighted by atomic mass is 10.1. The van der Waals surface area contributed by atoms with Crippen LogP contribution in [-0.2, 0) is 4.74 Å². The molecule has 12 heavy (non-hydrogen) atoms. The van der Waals surface area contributed by atoms with Crippen LogP contribution in [0.5, 0.6) is 0 Å². The van der Waals surface area contributed by atoms with Crippen molar-refractivity contribution in [2.45, 2.75) is 6.92 Å². The highest BCUT2D eigenvalue weighted by atomic mass is 19.1. The third-order valence-electron chi connectivity index (χ3n) is 1.61. The van der Waals surface area contributed by atoms with Crippen molar-refractivity contribution in [3.8, 4) is 0 Å². The van der Waals surface area contributed by atoms with Crippen LogP contribution in [-0.4, -0.2) is 7.11 Å². The summed E-state index contributed by atoms with van der Waals surface area (Å²) in [6.07, 6.45) is 3.06. The van der Waals surface area contributed by atoms with Crippen LogP contribution in [0.3, 0.4) is 0 Å². The lowest BCUT2D eigenvalue weighted by molar-refractivity contribution is 0.341. The van der Waals surface area contributed by atoms with E-state index in [1.807, 2.05) is 6.07 Å². The average Bonchev–Trinajstić information content (AvgIpc) is 2.08. The molecule has 0 atom stereocenters. The summed E-state index contributed by atoms with van der Waals surface area (Å²) in [5, 5.41) is 0. The van der Waals surface area contributed by atoms with Gasteiger partial charge in [-0.3, -0.25) is 0 Å². The van der Waals surface area contributed by atoms with Gasteiger partial charge in [0, 0.05) is 5.56 Å². The molecule has 0 amide bonds. The van der Waals surface area contributed by atoms with Gasteiger partial charge in [0.05, 0.1) is 13.4 Å². The number of ether oxygens (including phenoxy) is 1. The Bertz CT molecular complexity index is 292. The number of halogens is 1. The van der Waals surface area contributed by atoms with E-state index in [4.69, 9.17) is 4.74 Å². The number of rotatable bonds is 2. The fourth-order valence-electron chi connectivity index (χ4n) is 0.940. The van der Waals surface area contributed by atoms with Crippen LogP contribution in [0, 0.1) is 12.7 Å². The summed E-state index contributed by atoms with van der Waals surface area (Å²) in [5.41, 5.74) is 1.20. The normalized spacial score (nSPS) is 10.6. The topological polar surface area (TPSA) is 9.23 Å². The van der Waals surface area contributed by atoms with Gasteiger partial charge in [0.1, 0.15) is 5.82 Å². The van der Waals surface area contributed by atoms with E-state index in [1.54, 1.807) is 25.1 Å². The van der Waals surface area contributed by atoms with Crippen molar-refractivity contribution in [3.63, 3.8) is 0 Å². The predicted molar refractivity (Wildman–Crippen MR) is 47.2 cm³/mol. The Hall–Kier alpha value is -1.31. The predicted octanol–water partition coefficient (Wildman–Crippen LogP) is 2.75. The van der Waals surface area contributed by atoms with Crippen molar-refractivity contribution in [2.24, 2.45) is 0 Å². The molecule has 0 saturated heterocycles. The Labute approximate surface area is 71.5 Å². The molecule has 0 N–H and O–H groups in total. The molecule has 0 aliphatic carbocycles. The molecule has 0 bridgehead atoms. The zero-order valence-corrected chi connectivity index (χ0v) is 7.17.